The standard InChI is InChI=1S/C9H10ClN3O3S2/c1-5-3-7(16-13-5)4-11-18(14,15)8-6(2)12-9(10)17-8/h3,11H,4H2,1-2H3. The van der Waals surface area contributed by atoms with Crippen molar-refractivity contribution in [3.8, 4) is 0 Å². The minimum Gasteiger partial charge on any atom is -0.360 e. The molecule has 0 aliphatic heterocycles. The van der Waals surface area contributed by atoms with E-state index in [0.29, 0.717) is 17.1 Å². The number of aryl methyl sites for hydroxylation is 2. The van der Waals surface area contributed by atoms with Gasteiger partial charge >= 0.3 is 0 Å². The molecule has 0 spiro atoms. The zero-order valence-corrected chi connectivity index (χ0v) is 12.0. The summed E-state index contributed by atoms with van der Waals surface area (Å²) in [4.78, 5) is 3.87. The molecule has 0 aliphatic carbocycles. The number of sulfonamides is 1. The summed E-state index contributed by atoms with van der Waals surface area (Å²) in [6.45, 7) is 3.39. The van der Waals surface area contributed by atoms with E-state index in [2.05, 4.69) is 14.9 Å². The minimum atomic E-state index is -3.63. The summed E-state index contributed by atoms with van der Waals surface area (Å²) in [5, 5.41) is 3.67. The van der Waals surface area contributed by atoms with E-state index in [4.69, 9.17) is 16.1 Å². The van der Waals surface area contributed by atoms with Gasteiger partial charge in [0.15, 0.2) is 14.4 Å². The molecule has 1 N–H and O–H groups in total. The molecule has 0 aromatic carbocycles. The molecule has 2 heterocycles. The average Bonchev–Trinajstić information content (AvgIpc) is 2.82. The largest absolute Gasteiger partial charge is 0.360 e. The molecule has 9 heteroatoms. The van der Waals surface area contributed by atoms with E-state index in [0.717, 1.165) is 11.3 Å². The smallest absolute Gasteiger partial charge is 0.252 e. The van der Waals surface area contributed by atoms with Crippen molar-refractivity contribution in [1.82, 2.24) is 14.9 Å². The molecule has 2 aromatic rings. The van der Waals surface area contributed by atoms with Crippen molar-refractivity contribution < 1.29 is 12.9 Å². The van der Waals surface area contributed by atoms with Gasteiger partial charge in [-0.05, 0) is 13.8 Å². The number of rotatable bonds is 4. The first-order valence-corrected chi connectivity index (χ1v) is 7.61. The number of hydrogen-bond acceptors (Lipinski definition) is 6. The molecule has 0 aliphatic rings. The molecule has 0 atom stereocenters. The Hall–Kier alpha value is -0.960. The van der Waals surface area contributed by atoms with E-state index in [1.54, 1.807) is 19.9 Å². The molecular formula is C9H10ClN3O3S2. The van der Waals surface area contributed by atoms with Crippen LogP contribution in [0.15, 0.2) is 14.8 Å². The highest BCUT2D eigenvalue weighted by atomic mass is 35.5. The van der Waals surface area contributed by atoms with Crippen LogP contribution >= 0.6 is 22.9 Å². The first-order valence-electron chi connectivity index (χ1n) is 4.93. The Morgan fingerprint density at radius 2 is 2.22 bits per heavy atom. The predicted molar refractivity (Wildman–Crippen MR) is 67.1 cm³/mol. The lowest BCUT2D eigenvalue weighted by molar-refractivity contribution is 0.377. The number of nitrogens with zero attached hydrogens (tertiary/aromatic N) is 2. The Morgan fingerprint density at radius 1 is 1.50 bits per heavy atom. The van der Waals surface area contributed by atoms with Gasteiger partial charge in [-0.15, -0.1) is 0 Å². The van der Waals surface area contributed by atoms with Crippen LogP contribution in [0.25, 0.3) is 0 Å². The third kappa shape index (κ3) is 2.89. The second-order valence-corrected chi connectivity index (χ2v) is 7.14. The van der Waals surface area contributed by atoms with Crippen LogP contribution in [0.1, 0.15) is 17.1 Å². The molecule has 0 fully saturated rings. The van der Waals surface area contributed by atoms with E-state index in [9.17, 15) is 8.42 Å². The molecule has 0 saturated carbocycles. The molecule has 0 saturated heterocycles. The number of thiazole rings is 1. The first kappa shape index (κ1) is 13.5. The van der Waals surface area contributed by atoms with Gasteiger partial charge in [-0.2, -0.15) is 0 Å². The summed E-state index contributed by atoms with van der Waals surface area (Å²) >= 11 is 6.60. The van der Waals surface area contributed by atoms with Crippen LogP contribution in [-0.2, 0) is 16.6 Å². The zero-order valence-electron chi connectivity index (χ0n) is 9.60. The molecule has 6 nitrogen and oxygen atoms in total. The molecule has 2 aromatic heterocycles. The van der Waals surface area contributed by atoms with Gasteiger partial charge in [0.1, 0.15) is 0 Å². The second kappa shape index (κ2) is 4.96. The molecule has 98 valence electrons. The fourth-order valence-electron chi connectivity index (χ4n) is 1.33. The quantitative estimate of drug-likeness (QED) is 0.932. The predicted octanol–water partition coefficient (Wildman–Crippen LogP) is 1.88. The van der Waals surface area contributed by atoms with Gasteiger partial charge in [0, 0.05) is 6.07 Å². The van der Waals surface area contributed by atoms with Gasteiger partial charge in [0.25, 0.3) is 10.0 Å². The summed E-state index contributed by atoms with van der Waals surface area (Å²) in [5.74, 6) is 0.448. The highest BCUT2D eigenvalue weighted by Gasteiger charge is 2.21. The maximum Gasteiger partial charge on any atom is 0.252 e. The number of halogens is 1. The highest BCUT2D eigenvalue weighted by molar-refractivity contribution is 7.91. The van der Waals surface area contributed by atoms with Crippen molar-refractivity contribution in [1.29, 1.82) is 0 Å². The van der Waals surface area contributed by atoms with Crippen LogP contribution < -0.4 is 4.72 Å². The molecule has 2 rings (SSSR count). The second-order valence-electron chi connectivity index (χ2n) is 3.60. The first-order chi connectivity index (χ1) is 8.38. The number of nitrogens with one attached hydrogen (secondary N) is 1. The molecule has 0 bridgehead atoms. The summed E-state index contributed by atoms with van der Waals surface area (Å²) in [7, 11) is -3.63. The van der Waals surface area contributed by atoms with E-state index < -0.39 is 10.0 Å². The summed E-state index contributed by atoms with van der Waals surface area (Å²) < 4.78 is 31.6. The van der Waals surface area contributed by atoms with Crippen molar-refractivity contribution in [2.45, 2.75) is 24.6 Å². The van der Waals surface area contributed by atoms with E-state index in [1.165, 1.54) is 0 Å². The molecule has 0 unspecified atom stereocenters. The van der Waals surface area contributed by atoms with Gasteiger partial charge in [-0.25, -0.2) is 18.1 Å². The van der Waals surface area contributed by atoms with Gasteiger partial charge in [0.2, 0.25) is 0 Å². The third-order valence-electron chi connectivity index (χ3n) is 2.09. The Morgan fingerprint density at radius 3 is 2.72 bits per heavy atom. The van der Waals surface area contributed by atoms with Crippen LogP contribution in [0.2, 0.25) is 4.47 Å². The van der Waals surface area contributed by atoms with E-state index in [-0.39, 0.29) is 15.2 Å². The Kier molecular flexibility index (Phi) is 3.71. The van der Waals surface area contributed by atoms with E-state index in [1.807, 2.05) is 0 Å². The van der Waals surface area contributed by atoms with Crippen molar-refractivity contribution in [3.63, 3.8) is 0 Å². The van der Waals surface area contributed by atoms with Crippen LogP contribution in [0.3, 0.4) is 0 Å². The number of aromatic nitrogens is 2. The van der Waals surface area contributed by atoms with Gasteiger partial charge in [0.05, 0.1) is 17.9 Å². The summed E-state index contributed by atoms with van der Waals surface area (Å²) in [5.41, 5.74) is 1.08. The monoisotopic (exact) mass is 307 g/mol. The average molecular weight is 308 g/mol. The van der Waals surface area contributed by atoms with Crippen molar-refractivity contribution in [2.75, 3.05) is 0 Å². The lowest BCUT2D eigenvalue weighted by atomic mass is 10.4. The lowest BCUT2D eigenvalue weighted by Crippen LogP contribution is -2.22. The topological polar surface area (TPSA) is 85.1 Å². The Labute approximate surface area is 113 Å². The molecule has 0 radical (unpaired) electrons. The van der Waals surface area contributed by atoms with Crippen molar-refractivity contribution in [2.24, 2.45) is 0 Å². The van der Waals surface area contributed by atoms with Crippen LogP contribution in [0.5, 0.6) is 0 Å². The van der Waals surface area contributed by atoms with Crippen LogP contribution in [0.4, 0.5) is 0 Å². The van der Waals surface area contributed by atoms with Crippen LogP contribution in [-0.4, -0.2) is 18.6 Å². The molecule has 18 heavy (non-hydrogen) atoms. The van der Waals surface area contributed by atoms with Crippen LogP contribution in [0, 0.1) is 13.8 Å². The fourth-order valence-corrected chi connectivity index (χ4v) is 4.11. The van der Waals surface area contributed by atoms with Crippen molar-refractivity contribution >= 4 is 33.0 Å². The Bertz CT molecular complexity index is 662. The van der Waals surface area contributed by atoms with Gasteiger partial charge in [-0.1, -0.05) is 28.1 Å². The highest BCUT2D eigenvalue weighted by Crippen LogP contribution is 2.26. The normalized spacial score (nSPS) is 11.9. The molecular weight excluding hydrogens is 298 g/mol. The van der Waals surface area contributed by atoms with Gasteiger partial charge < -0.3 is 4.52 Å². The summed E-state index contributed by atoms with van der Waals surface area (Å²) in [6.07, 6.45) is 0. The molecule has 0 amide bonds. The van der Waals surface area contributed by atoms with E-state index >= 15 is 0 Å². The third-order valence-corrected chi connectivity index (χ3v) is 5.36. The maximum absolute atomic E-state index is 12.0. The Balaban J connectivity index is 2.15. The lowest BCUT2D eigenvalue weighted by Gasteiger charge is -2.02. The minimum absolute atomic E-state index is 0.0398. The summed E-state index contributed by atoms with van der Waals surface area (Å²) in [6, 6.07) is 1.66. The zero-order chi connectivity index (χ0) is 13.3. The number of hydrogen-bond donors (Lipinski definition) is 1. The van der Waals surface area contributed by atoms with Gasteiger partial charge in [-0.3, -0.25) is 0 Å². The SMILES string of the molecule is Cc1cc(CNS(=O)(=O)c2sc(Cl)nc2C)on1. The fraction of sp³-hybridized carbons (Fsp3) is 0.333. The van der Waals surface area contributed by atoms with Crippen molar-refractivity contribution in [3.05, 3.63) is 27.7 Å². The maximum atomic E-state index is 12.0.